The molecule has 64 heavy (non-hydrogen) atoms. The Kier molecular flexibility index (Phi) is 9.12. The van der Waals surface area contributed by atoms with Crippen molar-refractivity contribution in [2.45, 2.75) is 0 Å². The van der Waals surface area contributed by atoms with Gasteiger partial charge in [-0.3, -0.25) is 0 Å². The summed E-state index contributed by atoms with van der Waals surface area (Å²) in [4.78, 5) is 12.8. The molecule has 0 radical (unpaired) electrons. The van der Waals surface area contributed by atoms with Gasteiger partial charge >= 0.3 is 0 Å². The summed E-state index contributed by atoms with van der Waals surface area (Å²) < 4.78 is 2.46. The van der Waals surface area contributed by atoms with Crippen LogP contribution in [0.2, 0.25) is 0 Å². The van der Waals surface area contributed by atoms with E-state index in [9.17, 15) is 0 Å². The predicted octanol–water partition coefficient (Wildman–Crippen LogP) is 15.9. The number of hydrogen-bond donors (Lipinski definition) is 0. The maximum Gasteiger partial charge on any atom is 0.160 e. The standard InChI is InChI=1S/C60H40N4/c1-5-20-41(21-6-1)46-36-47(42-22-7-2-8-23-42)39-49(38-46)63-55-33-16-13-30-50(55)58-51-31-14-17-34-56(51)64(59(58)52-32-15-18-35-57(52)63)48-29-19-28-45(37-48)54-40-53(43-24-9-3-10-25-43)61-60(62-54)44-26-11-4-12-27-44/h1-40H. The Morgan fingerprint density at radius 1 is 0.312 bits per heavy atom. The summed E-state index contributed by atoms with van der Waals surface area (Å²) in [5.74, 6) is 0.694. The van der Waals surface area contributed by atoms with E-state index in [2.05, 4.69) is 228 Å². The minimum absolute atomic E-state index is 0.694. The lowest BCUT2D eigenvalue weighted by Crippen LogP contribution is -2.11. The van der Waals surface area contributed by atoms with E-state index in [1.54, 1.807) is 0 Å². The summed E-state index contributed by atoms with van der Waals surface area (Å²) in [6.45, 7) is 0. The molecule has 300 valence electrons. The molecule has 0 atom stereocenters. The smallest absolute Gasteiger partial charge is 0.160 e. The number of anilines is 3. The first-order valence-corrected chi connectivity index (χ1v) is 21.7. The van der Waals surface area contributed by atoms with Gasteiger partial charge in [0.2, 0.25) is 0 Å². The molecule has 0 amide bonds. The molecule has 0 unspecified atom stereocenters. The van der Waals surface area contributed by atoms with Crippen LogP contribution in [0.5, 0.6) is 0 Å². The van der Waals surface area contributed by atoms with Crippen LogP contribution in [0.3, 0.4) is 0 Å². The average Bonchev–Trinajstić information content (AvgIpc) is 3.66. The molecule has 0 aliphatic carbocycles. The van der Waals surface area contributed by atoms with Crippen LogP contribution in [0.25, 0.3) is 95.1 Å². The van der Waals surface area contributed by atoms with Gasteiger partial charge in [0.25, 0.3) is 0 Å². The van der Waals surface area contributed by atoms with Gasteiger partial charge in [0, 0.05) is 50.1 Å². The van der Waals surface area contributed by atoms with E-state index in [1.807, 2.05) is 24.3 Å². The van der Waals surface area contributed by atoms with Gasteiger partial charge in [0.15, 0.2) is 5.82 Å². The first kappa shape index (κ1) is 37.2. The lowest BCUT2D eigenvalue weighted by Gasteiger charge is -2.28. The van der Waals surface area contributed by atoms with Crippen LogP contribution in [0, 0.1) is 0 Å². The first-order valence-electron chi connectivity index (χ1n) is 21.7. The van der Waals surface area contributed by atoms with Crippen molar-refractivity contribution in [2.24, 2.45) is 0 Å². The molecular weight excluding hydrogens is 777 g/mol. The summed E-state index contributed by atoms with van der Waals surface area (Å²) in [5, 5.41) is 1.19. The third-order valence-electron chi connectivity index (χ3n) is 12.3. The maximum absolute atomic E-state index is 5.23. The fourth-order valence-electron chi connectivity index (χ4n) is 9.40. The zero-order valence-electron chi connectivity index (χ0n) is 34.9. The van der Waals surface area contributed by atoms with E-state index in [4.69, 9.17) is 9.97 Å². The van der Waals surface area contributed by atoms with E-state index in [-0.39, 0.29) is 0 Å². The quantitative estimate of drug-likeness (QED) is 0.161. The minimum atomic E-state index is 0.694. The molecule has 9 aromatic carbocycles. The van der Waals surface area contributed by atoms with Gasteiger partial charge in [-0.2, -0.15) is 0 Å². The summed E-state index contributed by atoms with van der Waals surface area (Å²) >= 11 is 0. The Morgan fingerprint density at radius 2 is 0.797 bits per heavy atom. The maximum atomic E-state index is 5.23. The second kappa shape index (κ2) is 15.7. The Balaban J connectivity index is 1.09. The van der Waals surface area contributed by atoms with Gasteiger partial charge in [-0.15, -0.1) is 0 Å². The molecule has 12 rings (SSSR count). The number of benzene rings is 9. The average molecular weight is 817 g/mol. The third kappa shape index (κ3) is 6.48. The van der Waals surface area contributed by atoms with Gasteiger partial charge in [0.1, 0.15) is 0 Å². The van der Waals surface area contributed by atoms with E-state index >= 15 is 0 Å². The SMILES string of the molecule is c1ccc(-c2cc(-c3ccccc3)cc(N3c4ccccc4-c4c(n(-c5cccc(-c6cc(-c7ccccc7)nc(-c7ccccc7)n6)c5)c5ccccc45)-c4ccccc43)c2)cc1. The van der Waals surface area contributed by atoms with Crippen molar-refractivity contribution in [1.82, 2.24) is 14.5 Å². The Hall–Kier alpha value is -8.60. The number of aromatic nitrogens is 3. The number of para-hydroxylation sites is 3. The van der Waals surface area contributed by atoms with Crippen LogP contribution in [0.1, 0.15) is 0 Å². The van der Waals surface area contributed by atoms with Crippen LogP contribution in [0.4, 0.5) is 17.1 Å². The van der Waals surface area contributed by atoms with Crippen molar-refractivity contribution < 1.29 is 0 Å². The molecule has 0 saturated heterocycles. The fourth-order valence-corrected chi connectivity index (χ4v) is 9.40. The van der Waals surface area contributed by atoms with E-state index in [0.29, 0.717) is 5.82 Å². The van der Waals surface area contributed by atoms with Crippen molar-refractivity contribution in [3.8, 4) is 84.2 Å². The summed E-state index contributed by atoms with van der Waals surface area (Å²) in [7, 11) is 0. The highest BCUT2D eigenvalue weighted by molar-refractivity contribution is 6.13. The number of rotatable bonds is 7. The van der Waals surface area contributed by atoms with Crippen LogP contribution in [-0.4, -0.2) is 14.5 Å². The molecule has 0 fully saturated rings. The molecule has 4 heteroatoms. The van der Waals surface area contributed by atoms with Gasteiger partial charge in [0.05, 0.1) is 34.0 Å². The number of nitrogens with zero attached hydrogens (tertiary/aromatic N) is 4. The van der Waals surface area contributed by atoms with Crippen LogP contribution in [-0.2, 0) is 0 Å². The lowest BCUT2D eigenvalue weighted by atomic mass is 9.97. The van der Waals surface area contributed by atoms with Crippen LogP contribution in [0.15, 0.2) is 243 Å². The molecule has 0 bridgehead atoms. The molecule has 2 aromatic heterocycles. The van der Waals surface area contributed by atoms with Gasteiger partial charge < -0.3 is 9.47 Å². The molecule has 0 N–H and O–H groups in total. The second-order valence-electron chi connectivity index (χ2n) is 16.2. The molecule has 1 aliphatic rings. The zero-order chi connectivity index (χ0) is 42.4. The normalized spacial score (nSPS) is 11.7. The largest absolute Gasteiger partial charge is 0.309 e. The van der Waals surface area contributed by atoms with E-state index in [0.717, 1.165) is 78.7 Å². The molecule has 0 saturated carbocycles. The Labute approximate surface area is 372 Å². The highest BCUT2D eigenvalue weighted by atomic mass is 15.2. The minimum Gasteiger partial charge on any atom is -0.309 e. The third-order valence-corrected chi connectivity index (χ3v) is 12.3. The highest BCUT2D eigenvalue weighted by Crippen LogP contribution is 2.55. The molecular formula is C60H40N4. The molecule has 3 heterocycles. The summed E-state index contributed by atoms with van der Waals surface area (Å²) in [6, 6.07) is 86.6. The van der Waals surface area contributed by atoms with Crippen LogP contribution >= 0.6 is 0 Å². The zero-order valence-corrected chi connectivity index (χ0v) is 34.9. The number of hydrogen-bond acceptors (Lipinski definition) is 3. The number of fused-ring (bicyclic) bond motifs is 7. The molecule has 11 aromatic rings. The van der Waals surface area contributed by atoms with Crippen molar-refractivity contribution in [3.63, 3.8) is 0 Å². The topological polar surface area (TPSA) is 34.0 Å². The highest BCUT2D eigenvalue weighted by Gasteiger charge is 2.31. The summed E-state index contributed by atoms with van der Waals surface area (Å²) in [6.07, 6.45) is 0. The van der Waals surface area contributed by atoms with Crippen molar-refractivity contribution >= 4 is 28.0 Å². The van der Waals surface area contributed by atoms with Crippen molar-refractivity contribution in [2.75, 3.05) is 4.90 Å². The Morgan fingerprint density at radius 3 is 1.45 bits per heavy atom. The first-order chi connectivity index (χ1) is 31.7. The van der Waals surface area contributed by atoms with Gasteiger partial charge in [-0.25, -0.2) is 9.97 Å². The molecule has 1 aliphatic heterocycles. The Bertz CT molecular complexity index is 3370. The second-order valence-corrected chi connectivity index (χ2v) is 16.2. The van der Waals surface area contributed by atoms with Crippen LogP contribution < -0.4 is 4.90 Å². The van der Waals surface area contributed by atoms with E-state index in [1.165, 1.54) is 27.6 Å². The lowest BCUT2D eigenvalue weighted by molar-refractivity contribution is 1.13. The van der Waals surface area contributed by atoms with Gasteiger partial charge in [-0.05, 0) is 76.9 Å². The molecule has 4 nitrogen and oxygen atoms in total. The predicted molar refractivity (Wildman–Crippen MR) is 265 cm³/mol. The van der Waals surface area contributed by atoms with Crippen molar-refractivity contribution in [1.29, 1.82) is 0 Å². The van der Waals surface area contributed by atoms with Crippen molar-refractivity contribution in [3.05, 3.63) is 243 Å². The fraction of sp³-hybridized carbons (Fsp3) is 0. The van der Waals surface area contributed by atoms with E-state index < -0.39 is 0 Å². The monoisotopic (exact) mass is 816 g/mol. The summed E-state index contributed by atoms with van der Waals surface area (Å²) in [5.41, 5.74) is 19.6. The molecule has 0 spiro atoms. The van der Waals surface area contributed by atoms with Gasteiger partial charge in [-0.1, -0.05) is 188 Å².